The first-order valence-corrected chi connectivity index (χ1v) is 7.65. The Morgan fingerprint density at radius 3 is 2.71 bits per heavy atom. The zero-order valence-corrected chi connectivity index (χ0v) is 12.3. The molecule has 3 unspecified atom stereocenters. The van der Waals surface area contributed by atoms with Crippen molar-refractivity contribution in [2.24, 2.45) is 5.92 Å². The standard InChI is InChI=1S/C16H22F2N2O/c1-11(12-2-4-14(5-3-12)21-16(17)18)20-9-7-15-13(10-20)6-8-19-15/h2-5,11,13,15-16,19H,6-10H2,1H3. The maximum Gasteiger partial charge on any atom is 0.387 e. The molecule has 1 aromatic rings. The summed E-state index contributed by atoms with van der Waals surface area (Å²) in [7, 11) is 0. The molecule has 2 aliphatic heterocycles. The van der Waals surface area contributed by atoms with Gasteiger partial charge in [0.2, 0.25) is 0 Å². The van der Waals surface area contributed by atoms with Crippen molar-refractivity contribution in [3.63, 3.8) is 0 Å². The summed E-state index contributed by atoms with van der Waals surface area (Å²) in [5.74, 6) is 0.974. The Morgan fingerprint density at radius 1 is 1.24 bits per heavy atom. The number of rotatable bonds is 4. The van der Waals surface area contributed by atoms with Crippen molar-refractivity contribution in [3.8, 4) is 5.75 Å². The van der Waals surface area contributed by atoms with E-state index in [4.69, 9.17) is 0 Å². The van der Waals surface area contributed by atoms with Crippen molar-refractivity contribution >= 4 is 0 Å². The maximum absolute atomic E-state index is 12.2. The predicted octanol–water partition coefficient (Wildman–Crippen LogP) is 3.03. The highest BCUT2D eigenvalue weighted by atomic mass is 19.3. The Balaban J connectivity index is 1.63. The van der Waals surface area contributed by atoms with E-state index < -0.39 is 6.61 Å². The molecule has 2 heterocycles. The van der Waals surface area contributed by atoms with Gasteiger partial charge in [-0.15, -0.1) is 0 Å². The molecule has 5 heteroatoms. The first-order valence-electron chi connectivity index (χ1n) is 7.65. The summed E-state index contributed by atoms with van der Waals surface area (Å²) in [5.41, 5.74) is 1.15. The molecule has 0 aromatic heterocycles. The van der Waals surface area contributed by atoms with Crippen LogP contribution in [0.3, 0.4) is 0 Å². The van der Waals surface area contributed by atoms with Gasteiger partial charge in [-0.3, -0.25) is 4.90 Å². The van der Waals surface area contributed by atoms with Crippen LogP contribution >= 0.6 is 0 Å². The number of benzene rings is 1. The second-order valence-corrected chi connectivity index (χ2v) is 6.02. The fourth-order valence-corrected chi connectivity index (χ4v) is 3.57. The summed E-state index contributed by atoms with van der Waals surface area (Å²) < 4.78 is 28.7. The van der Waals surface area contributed by atoms with Crippen LogP contribution in [0.5, 0.6) is 5.75 Å². The number of ether oxygens (including phenoxy) is 1. The Hall–Kier alpha value is -1.20. The molecule has 1 N–H and O–H groups in total. The lowest BCUT2D eigenvalue weighted by Crippen LogP contribution is -2.45. The quantitative estimate of drug-likeness (QED) is 0.924. The number of halogens is 2. The first-order chi connectivity index (χ1) is 10.1. The molecule has 2 saturated heterocycles. The minimum atomic E-state index is -2.76. The van der Waals surface area contributed by atoms with Gasteiger partial charge in [0.1, 0.15) is 5.75 Å². The zero-order valence-electron chi connectivity index (χ0n) is 12.3. The van der Waals surface area contributed by atoms with Gasteiger partial charge in [-0.2, -0.15) is 8.78 Å². The van der Waals surface area contributed by atoms with Crippen LogP contribution in [0.1, 0.15) is 31.4 Å². The lowest BCUT2D eigenvalue weighted by atomic mass is 9.91. The Kier molecular flexibility index (Phi) is 4.40. The molecule has 3 atom stereocenters. The van der Waals surface area contributed by atoms with Gasteiger partial charge in [0.25, 0.3) is 0 Å². The smallest absolute Gasteiger partial charge is 0.387 e. The maximum atomic E-state index is 12.2. The van der Waals surface area contributed by atoms with Gasteiger partial charge < -0.3 is 10.1 Å². The van der Waals surface area contributed by atoms with Crippen molar-refractivity contribution in [1.82, 2.24) is 10.2 Å². The highest BCUT2D eigenvalue weighted by Crippen LogP contribution is 2.31. The average Bonchev–Trinajstić information content (AvgIpc) is 2.94. The highest BCUT2D eigenvalue weighted by Gasteiger charge is 2.34. The SMILES string of the molecule is CC(c1ccc(OC(F)F)cc1)N1CCC2NCCC2C1. The zero-order chi connectivity index (χ0) is 14.8. The minimum Gasteiger partial charge on any atom is -0.435 e. The fraction of sp³-hybridized carbons (Fsp3) is 0.625. The summed E-state index contributed by atoms with van der Waals surface area (Å²) in [6, 6.07) is 8.04. The van der Waals surface area contributed by atoms with E-state index in [9.17, 15) is 8.78 Å². The summed E-state index contributed by atoms with van der Waals surface area (Å²) in [6.07, 6.45) is 2.45. The van der Waals surface area contributed by atoms with Crippen LogP contribution in [0, 0.1) is 5.92 Å². The third kappa shape index (κ3) is 3.35. The van der Waals surface area contributed by atoms with Crippen LogP contribution in [0.4, 0.5) is 8.78 Å². The third-order valence-corrected chi connectivity index (χ3v) is 4.82. The minimum absolute atomic E-state index is 0.222. The van der Waals surface area contributed by atoms with Crippen molar-refractivity contribution in [2.75, 3.05) is 19.6 Å². The van der Waals surface area contributed by atoms with Gasteiger partial charge in [-0.1, -0.05) is 12.1 Å². The van der Waals surface area contributed by atoms with E-state index in [-0.39, 0.29) is 5.75 Å². The van der Waals surface area contributed by atoms with Gasteiger partial charge in [-0.05, 0) is 49.9 Å². The molecule has 0 amide bonds. The molecule has 0 saturated carbocycles. The summed E-state index contributed by atoms with van der Waals surface area (Å²) in [5, 5.41) is 3.57. The molecule has 3 rings (SSSR count). The van der Waals surface area contributed by atoms with Crippen LogP contribution < -0.4 is 10.1 Å². The molecule has 0 bridgehead atoms. The number of likely N-dealkylation sites (tertiary alicyclic amines) is 1. The summed E-state index contributed by atoms with van der Waals surface area (Å²) in [6.45, 7) is 2.77. The molecule has 21 heavy (non-hydrogen) atoms. The second kappa shape index (κ2) is 6.28. The molecular weight excluding hydrogens is 274 g/mol. The van der Waals surface area contributed by atoms with Crippen molar-refractivity contribution in [2.45, 2.75) is 38.5 Å². The topological polar surface area (TPSA) is 24.5 Å². The van der Waals surface area contributed by atoms with Gasteiger partial charge in [0.15, 0.2) is 0 Å². The number of nitrogens with zero attached hydrogens (tertiary/aromatic N) is 1. The van der Waals surface area contributed by atoms with Gasteiger partial charge in [0.05, 0.1) is 0 Å². The molecule has 1 aromatic carbocycles. The normalized spacial score (nSPS) is 27.6. The van der Waals surface area contributed by atoms with Crippen LogP contribution in [-0.4, -0.2) is 37.2 Å². The van der Waals surface area contributed by atoms with E-state index in [1.54, 1.807) is 12.1 Å². The highest BCUT2D eigenvalue weighted by molar-refractivity contribution is 5.29. The monoisotopic (exact) mass is 296 g/mol. The van der Waals surface area contributed by atoms with E-state index >= 15 is 0 Å². The number of fused-ring (bicyclic) bond motifs is 1. The molecule has 116 valence electrons. The van der Waals surface area contributed by atoms with E-state index in [1.165, 1.54) is 12.8 Å². The van der Waals surface area contributed by atoms with E-state index in [1.807, 2.05) is 12.1 Å². The molecule has 2 aliphatic rings. The van der Waals surface area contributed by atoms with Gasteiger partial charge >= 0.3 is 6.61 Å². The summed E-state index contributed by atoms with van der Waals surface area (Å²) in [4.78, 5) is 2.50. The number of alkyl halides is 2. The largest absolute Gasteiger partial charge is 0.435 e. The Labute approximate surface area is 124 Å². The molecule has 3 nitrogen and oxygen atoms in total. The van der Waals surface area contributed by atoms with Crippen LogP contribution in [0.2, 0.25) is 0 Å². The van der Waals surface area contributed by atoms with E-state index in [2.05, 4.69) is 21.9 Å². The fourth-order valence-electron chi connectivity index (χ4n) is 3.57. The Bertz CT molecular complexity index is 466. The van der Waals surface area contributed by atoms with E-state index in [0.29, 0.717) is 12.1 Å². The average molecular weight is 296 g/mol. The van der Waals surface area contributed by atoms with Gasteiger partial charge in [0, 0.05) is 25.2 Å². The number of hydrogen-bond donors (Lipinski definition) is 1. The van der Waals surface area contributed by atoms with Crippen LogP contribution in [0.25, 0.3) is 0 Å². The van der Waals surface area contributed by atoms with Gasteiger partial charge in [-0.25, -0.2) is 0 Å². The van der Waals surface area contributed by atoms with Crippen molar-refractivity contribution in [1.29, 1.82) is 0 Å². The number of piperidine rings is 1. The lowest BCUT2D eigenvalue weighted by Gasteiger charge is -2.38. The van der Waals surface area contributed by atoms with Crippen LogP contribution in [-0.2, 0) is 0 Å². The summed E-state index contributed by atoms with van der Waals surface area (Å²) >= 11 is 0. The molecule has 2 fully saturated rings. The predicted molar refractivity (Wildman–Crippen MR) is 77.6 cm³/mol. The molecule has 0 radical (unpaired) electrons. The second-order valence-electron chi connectivity index (χ2n) is 6.02. The lowest BCUT2D eigenvalue weighted by molar-refractivity contribution is -0.0498. The molecule has 0 spiro atoms. The number of nitrogens with one attached hydrogen (secondary N) is 1. The number of hydrogen-bond acceptors (Lipinski definition) is 3. The Morgan fingerprint density at radius 2 is 2.00 bits per heavy atom. The first kappa shape index (κ1) is 14.7. The van der Waals surface area contributed by atoms with Crippen molar-refractivity contribution in [3.05, 3.63) is 29.8 Å². The molecule has 0 aliphatic carbocycles. The molecular formula is C16H22F2N2O. The third-order valence-electron chi connectivity index (χ3n) is 4.82. The van der Waals surface area contributed by atoms with E-state index in [0.717, 1.165) is 31.1 Å². The van der Waals surface area contributed by atoms with Crippen LogP contribution in [0.15, 0.2) is 24.3 Å². The van der Waals surface area contributed by atoms with Crippen molar-refractivity contribution < 1.29 is 13.5 Å².